The van der Waals surface area contributed by atoms with E-state index in [1.807, 2.05) is 60.4 Å². The maximum Gasteiger partial charge on any atom is 0.255 e. The summed E-state index contributed by atoms with van der Waals surface area (Å²) >= 11 is 1.61. The zero-order valence-electron chi connectivity index (χ0n) is 16.8. The number of benzene rings is 3. The highest BCUT2D eigenvalue weighted by atomic mass is 32.2. The summed E-state index contributed by atoms with van der Waals surface area (Å²) in [6.45, 7) is 2.03. The second-order valence-electron chi connectivity index (χ2n) is 7.07. The Morgan fingerprint density at radius 3 is 2.30 bits per heavy atom. The minimum atomic E-state index is -0.183. The molecule has 0 bridgehead atoms. The van der Waals surface area contributed by atoms with Crippen LogP contribution in [0, 0.1) is 6.92 Å². The summed E-state index contributed by atoms with van der Waals surface area (Å²) in [5.74, 6) is 1.08. The van der Waals surface area contributed by atoms with Gasteiger partial charge >= 0.3 is 0 Å². The maximum absolute atomic E-state index is 12.5. The standard InChI is InChI=1S/C24H22N2O3S/c1-16-3-11-20(12-4-16)26-22(27)15-30-24(26)18-5-9-19(10-6-18)25-23(28)17-7-13-21(29-2)14-8-17/h3-14,24H,15H2,1-2H3,(H,25,28)/t24-/m0/s1. The fraction of sp³-hybridized carbons (Fsp3) is 0.167. The second kappa shape index (κ2) is 8.63. The zero-order valence-corrected chi connectivity index (χ0v) is 17.6. The SMILES string of the molecule is COc1ccc(C(=O)Nc2ccc([C@@H]3SCC(=O)N3c3ccc(C)cc3)cc2)cc1. The Kier molecular flexibility index (Phi) is 5.77. The lowest BCUT2D eigenvalue weighted by molar-refractivity contribution is -0.115. The molecular weight excluding hydrogens is 396 g/mol. The van der Waals surface area contributed by atoms with Crippen LogP contribution in [0.25, 0.3) is 0 Å². The van der Waals surface area contributed by atoms with Gasteiger partial charge in [0.15, 0.2) is 0 Å². The first kappa shape index (κ1) is 20.0. The molecule has 0 aliphatic carbocycles. The van der Waals surface area contributed by atoms with Gasteiger partial charge in [-0.1, -0.05) is 29.8 Å². The smallest absolute Gasteiger partial charge is 0.255 e. The molecule has 0 aromatic heterocycles. The van der Waals surface area contributed by atoms with Crippen molar-refractivity contribution in [3.05, 3.63) is 89.5 Å². The van der Waals surface area contributed by atoms with Gasteiger partial charge < -0.3 is 10.1 Å². The van der Waals surface area contributed by atoms with Crippen LogP contribution < -0.4 is 15.0 Å². The molecule has 0 radical (unpaired) electrons. The van der Waals surface area contributed by atoms with Crippen LogP contribution in [0.4, 0.5) is 11.4 Å². The number of rotatable bonds is 5. The molecule has 1 N–H and O–H groups in total. The predicted octanol–water partition coefficient (Wildman–Crippen LogP) is 5.03. The van der Waals surface area contributed by atoms with Crippen LogP contribution in [0.15, 0.2) is 72.8 Å². The van der Waals surface area contributed by atoms with Crippen molar-refractivity contribution >= 4 is 35.0 Å². The Labute approximate surface area is 180 Å². The number of nitrogens with one attached hydrogen (secondary N) is 1. The van der Waals surface area contributed by atoms with Gasteiger partial charge in [-0.2, -0.15) is 0 Å². The van der Waals surface area contributed by atoms with E-state index in [1.54, 1.807) is 43.1 Å². The van der Waals surface area contributed by atoms with Gasteiger partial charge in [0.05, 0.1) is 12.9 Å². The number of carbonyl (C=O) groups excluding carboxylic acids is 2. The van der Waals surface area contributed by atoms with Crippen LogP contribution in [0.5, 0.6) is 5.75 Å². The monoisotopic (exact) mass is 418 g/mol. The molecule has 0 unspecified atom stereocenters. The predicted molar refractivity (Wildman–Crippen MR) is 121 cm³/mol. The Hall–Kier alpha value is -3.25. The minimum Gasteiger partial charge on any atom is -0.497 e. The van der Waals surface area contributed by atoms with E-state index in [2.05, 4.69) is 5.32 Å². The van der Waals surface area contributed by atoms with Gasteiger partial charge in [-0.25, -0.2) is 0 Å². The summed E-state index contributed by atoms with van der Waals surface area (Å²) in [4.78, 5) is 26.8. The number of hydrogen-bond donors (Lipinski definition) is 1. The lowest BCUT2D eigenvalue weighted by Crippen LogP contribution is -2.27. The molecule has 1 saturated heterocycles. The lowest BCUT2D eigenvalue weighted by Gasteiger charge is -2.24. The molecule has 6 heteroatoms. The summed E-state index contributed by atoms with van der Waals surface area (Å²) in [6, 6.07) is 22.6. The van der Waals surface area contributed by atoms with Crippen molar-refractivity contribution in [3.63, 3.8) is 0 Å². The number of carbonyl (C=O) groups is 2. The third kappa shape index (κ3) is 4.19. The van der Waals surface area contributed by atoms with Crippen molar-refractivity contribution in [3.8, 4) is 5.75 Å². The molecule has 30 heavy (non-hydrogen) atoms. The summed E-state index contributed by atoms with van der Waals surface area (Å²) in [5.41, 5.74) is 4.34. The fourth-order valence-electron chi connectivity index (χ4n) is 3.33. The first-order valence-electron chi connectivity index (χ1n) is 9.61. The lowest BCUT2D eigenvalue weighted by atomic mass is 10.1. The molecule has 1 fully saturated rings. The molecule has 0 saturated carbocycles. The number of amides is 2. The van der Waals surface area contributed by atoms with Crippen LogP contribution in [-0.4, -0.2) is 24.7 Å². The summed E-state index contributed by atoms with van der Waals surface area (Å²) in [7, 11) is 1.59. The third-order valence-corrected chi connectivity index (χ3v) is 6.20. The Morgan fingerprint density at radius 2 is 1.67 bits per heavy atom. The number of hydrogen-bond acceptors (Lipinski definition) is 4. The van der Waals surface area contributed by atoms with E-state index < -0.39 is 0 Å². The average molecular weight is 419 g/mol. The third-order valence-electron chi connectivity index (χ3n) is 4.99. The maximum atomic E-state index is 12.5. The quantitative estimate of drug-likeness (QED) is 0.631. The van der Waals surface area contributed by atoms with Gasteiger partial charge in [-0.15, -0.1) is 11.8 Å². The number of ether oxygens (including phenoxy) is 1. The number of aryl methyl sites for hydroxylation is 1. The van der Waals surface area contributed by atoms with Gasteiger partial charge in [0.2, 0.25) is 5.91 Å². The van der Waals surface area contributed by atoms with Crippen molar-refractivity contribution in [2.24, 2.45) is 0 Å². The highest BCUT2D eigenvalue weighted by molar-refractivity contribution is 8.00. The molecule has 5 nitrogen and oxygen atoms in total. The first-order valence-corrected chi connectivity index (χ1v) is 10.7. The van der Waals surface area contributed by atoms with E-state index in [0.29, 0.717) is 22.8 Å². The van der Waals surface area contributed by atoms with E-state index in [-0.39, 0.29) is 17.2 Å². The molecule has 3 aromatic carbocycles. The van der Waals surface area contributed by atoms with Crippen LogP contribution in [-0.2, 0) is 4.79 Å². The summed E-state index contributed by atoms with van der Waals surface area (Å²) in [6.07, 6.45) is 0. The molecule has 1 atom stereocenters. The largest absolute Gasteiger partial charge is 0.497 e. The van der Waals surface area contributed by atoms with Gasteiger partial charge in [0, 0.05) is 16.9 Å². The number of thioether (sulfide) groups is 1. The van der Waals surface area contributed by atoms with Gasteiger partial charge in [-0.05, 0) is 61.0 Å². The molecule has 3 aromatic rings. The Bertz CT molecular complexity index is 1050. The minimum absolute atomic E-state index is 0.0773. The van der Waals surface area contributed by atoms with Crippen molar-refractivity contribution < 1.29 is 14.3 Å². The molecule has 1 aliphatic heterocycles. The topological polar surface area (TPSA) is 58.6 Å². The van der Waals surface area contributed by atoms with E-state index in [4.69, 9.17) is 4.74 Å². The van der Waals surface area contributed by atoms with Crippen LogP contribution >= 0.6 is 11.8 Å². The molecule has 4 rings (SSSR count). The second-order valence-corrected chi connectivity index (χ2v) is 8.14. The van der Waals surface area contributed by atoms with Crippen LogP contribution in [0.2, 0.25) is 0 Å². The van der Waals surface area contributed by atoms with E-state index in [1.165, 1.54) is 0 Å². The Morgan fingerprint density at radius 1 is 1.00 bits per heavy atom. The van der Waals surface area contributed by atoms with Crippen LogP contribution in [0.1, 0.15) is 26.9 Å². The molecule has 2 amide bonds. The molecule has 152 valence electrons. The van der Waals surface area contributed by atoms with E-state index in [9.17, 15) is 9.59 Å². The zero-order chi connectivity index (χ0) is 21.1. The van der Waals surface area contributed by atoms with E-state index in [0.717, 1.165) is 16.8 Å². The van der Waals surface area contributed by atoms with Gasteiger partial charge in [-0.3, -0.25) is 14.5 Å². The molecule has 0 spiro atoms. The fourth-order valence-corrected chi connectivity index (χ4v) is 4.51. The highest BCUT2D eigenvalue weighted by Gasteiger charge is 2.33. The van der Waals surface area contributed by atoms with Crippen LogP contribution in [0.3, 0.4) is 0 Å². The van der Waals surface area contributed by atoms with Gasteiger partial charge in [0.25, 0.3) is 5.91 Å². The van der Waals surface area contributed by atoms with Crippen molar-refractivity contribution in [2.75, 3.05) is 23.1 Å². The molecular formula is C24H22N2O3S. The normalized spacial score (nSPS) is 15.9. The highest BCUT2D eigenvalue weighted by Crippen LogP contribution is 2.41. The molecule has 1 heterocycles. The van der Waals surface area contributed by atoms with Crippen molar-refractivity contribution in [2.45, 2.75) is 12.3 Å². The van der Waals surface area contributed by atoms with Gasteiger partial charge in [0.1, 0.15) is 11.1 Å². The van der Waals surface area contributed by atoms with Crippen molar-refractivity contribution in [1.29, 1.82) is 0 Å². The average Bonchev–Trinajstić information content (AvgIpc) is 3.16. The van der Waals surface area contributed by atoms with E-state index >= 15 is 0 Å². The number of nitrogens with zero attached hydrogens (tertiary/aromatic N) is 1. The Balaban J connectivity index is 1.49. The molecule has 1 aliphatic rings. The first-order chi connectivity index (χ1) is 14.5. The summed E-state index contributed by atoms with van der Waals surface area (Å²) < 4.78 is 5.12. The number of methoxy groups -OCH3 is 1. The van der Waals surface area contributed by atoms with Crippen molar-refractivity contribution in [1.82, 2.24) is 0 Å². The summed E-state index contributed by atoms with van der Waals surface area (Å²) in [5, 5.41) is 2.83. The number of anilines is 2.